The van der Waals surface area contributed by atoms with Crippen molar-refractivity contribution in [3.8, 4) is 0 Å². The Morgan fingerprint density at radius 3 is 2.60 bits per heavy atom. The maximum absolute atomic E-state index is 12.9. The molecule has 1 heterocycles. The minimum atomic E-state index is -0.567. The molecule has 2 aromatic rings. The van der Waals surface area contributed by atoms with E-state index in [0.717, 1.165) is 11.1 Å². The molecule has 25 heavy (non-hydrogen) atoms. The topological polar surface area (TPSA) is 95.4 Å². The van der Waals surface area contributed by atoms with Crippen molar-refractivity contribution in [1.82, 2.24) is 20.0 Å². The molecular formula is C17H23N5O3. The molecule has 134 valence electrons. The van der Waals surface area contributed by atoms with Crippen molar-refractivity contribution in [3.05, 3.63) is 56.9 Å². The molecule has 0 saturated heterocycles. The van der Waals surface area contributed by atoms with Crippen molar-refractivity contribution in [2.75, 3.05) is 27.2 Å². The Morgan fingerprint density at radius 2 is 2.00 bits per heavy atom. The van der Waals surface area contributed by atoms with Crippen molar-refractivity contribution < 1.29 is 9.72 Å². The normalized spacial score (nSPS) is 10.9. The maximum Gasteiger partial charge on any atom is 0.322 e. The minimum Gasteiger partial charge on any atom is -0.331 e. The van der Waals surface area contributed by atoms with Gasteiger partial charge in [-0.2, -0.15) is 5.10 Å². The number of likely N-dealkylation sites (N-methyl/N-ethyl adjacent to an activating group) is 1. The molecule has 1 amide bonds. The predicted octanol–water partition coefficient (Wildman–Crippen LogP) is 2.14. The first-order valence-corrected chi connectivity index (χ1v) is 7.98. The van der Waals surface area contributed by atoms with Crippen LogP contribution >= 0.6 is 0 Å². The number of amides is 1. The van der Waals surface area contributed by atoms with Gasteiger partial charge in [-0.1, -0.05) is 29.8 Å². The summed E-state index contributed by atoms with van der Waals surface area (Å²) in [4.78, 5) is 27.2. The number of hydrogen-bond acceptors (Lipinski definition) is 5. The molecule has 8 heteroatoms. The lowest BCUT2D eigenvalue weighted by molar-refractivity contribution is -0.385. The number of hydrogen-bond donors (Lipinski definition) is 1. The number of aromatic nitrogens is 2. The second kappa shape index (κ2) is 7.89. The van der Waals surface area contributed by atoms with Crippen LogP contribution in [0.25, 0.3) is 0 Å². The average molecular weight is 345 g/mol. The second-order valence-corrected chi connectivity index (χ2v) is 6.32. The lowest BCUT2D eigenvalue weighted by atomic mass is 10.1. The number of nitrogens with one attached hydrogen (secondary N) is 1. The first kappa shape index (κ1) is 18.6. The van der Waals surface area contributed by atoms with Crippen LogP contribution in [0, 0.1) is 24.0 Å². The minimum absolute atomic E-state index is 0.145. The smallest absolute Gasteiger partial charge is 0.322 e. The first-order valence-electron chi connectivity index (χ1n) is 7.98. The van der Waals surface area contributed by atoms with E-state index in [4.69, 9.17) is 0 Å². The Labute approximate surface area is 146 Å². The van der Waals surface area contributed by atoms with Gasteiger partial charge in [0.2, 0.25) is 5.69 Å². The molecule has 0 saturated carbocycles. The number of benzene rings is 1. The van der Waals surface area contributed by atoms with Crippen LogP contribution in [0.2, 0.25) is 0 Å². The molecule has 1 N–H and O–H groups in total. The van der Waals surface area contributed by atoms with Gasteiger partial charge in [-0.15, -0.1) is 0 Å². The van der Waals surface area contributed by atoms with Crippen LogP contribution in [-0.2, 0) is 6.54 Å². The van der Waals surface area contributed by atoms with Crippen molar-refractivity contribution in [2.45, 2.75) is 20.4 Å². The molecule has 0 aliphatic rings. The summed E-state index contributed by atoms with van der Waals surface area (Å²) >= 11 is 0. The number of aryl methyl sites for hydroxylation is 2. The molecule has 0 radical (unpaired) electrons. The third-order valence-corrected chi connectivity index (χ3v) is 3.86. The van der Waals surface area contributed by atoms with Crippen LogP contribution in [0.3, 0.4) is 0 Å². The summed E-state index contributed by atoms with van der Waals surface area (Å²) in [6.45, 7) is 4.99. The van der Waals surface area contributed by atoms with Gasteiger partial charge in [0.1, 0.15) is 5.69 Å². The van der Waals surface area contributed by atoms with Crippen molar-refractivity contribution in [3.63, 3.8) is 0 Å². The molecule has 0 bridgehead atoms. The SMILES string of the molecule is Cc1cccc(CN(CCN(C)C)C(=O)c2n[nH]c(C)c2[N+](=O)[O-])c1. The fourth-order valence-corrected chi connectivity index (χ4v) is 2.55. The summed E-state index contributed by atoms with van der Waals surface area (Å²) in [6.07, 6.45) is 0. The lowest BCUT2D eigenvalue weighted by Crippen LogP contribution is -2.36. The molecule has 0 aliphatic carbocycles. The summed E-state index contributed by atoms with van der Waals surface area (Å²) in [5.74, 6) is -0.445. The standard InChI is InChI=1S/C17H23N5O3/c1-12-6-5-7-14(10-12)11-21(9-8-20(3)4)17(23)15-16(22(24)25)13(2)18-19-15/h5-7,10H,8-9,11H2,1-4H3,(H,18,19). The van der Waals surface area contributed by atoms with Crippen LogP contribution in [0.15, 0.2) is 24.3 Å². The van der Waals surface area contributed by atoms with Crippen LogP contribution < -0.4 is 0 Å². The van der Waals surface area contributed by atoms with Gasteiger partial charge in [0.25, 0.3) is 5.91 Å². The maximum atomic E-state index is 12.9. The van der Waals surface area contributed by atoms with E-state index in [1.807, 2.05) is 50.2 Å². The van der Waals surface area contributed by atoms with Gasteiger partial charge >= 0.3 is 5.69 Å². The number of aromatic amines is 1. The van der Waals surface area contributed by atoms with E-state index < -0.39 is 10.8 Å². The number of H-pyrrole nitrogens is 1. The lowest BCUT2D eigenvalue weighted by Gasteiger charge is -2.23. The summed E-state index contributed by atoms with van der Waals surface area (Å²) in [5, 5.41) is 17.7. The largest absolute Gasteiger partial charge is 0.331 e. The molecule has 2 rings (SSSR count). The van der Waals surface area contributed by atoms with Crippen LogP contribution in [0.5, 0.6) is 0 Å². The third-order valence-electron chi connectivity index (χ3n) is 3.86. The van der Waals surface area contributed by atoms with E-state index in [2.05, 4.69) is 10.2 Å². The van der Waals surface area contributed by atoms with Gasteiger partial charge in [-0.25, -0.2) is 0 Å². The Kier molecular flexibility index (Phi) is 5.87. The van der Waals surface area contributed by atoms with E-state index in [1.165, 1.54) is 6.92 Å². The van der Waals surface area contributed by atoms with E-state index in [9.17, 15) is 14.9 Å². The Bertz CT molecular complexity index is 769. The van der Waals surface area contributed by atoms with E-state index in [-0.39, 0.29) is 17.1 Å². The highest BCUT2D eigenvalue weighted by Gasteiger charge is 2.30. The molecule has 8 nitrogen and oxygen atoms in total. The molecule has 0 spiro atoms. The fourth-order valence-electron chi connectivity index (χ4n) is 2.55. The third kappa shape index (κ3) is 4.63. The van der Waals surface area contributed by atoms with Crippen LogP contribution in [-0.4, -0.2) is 58.0 Å². The van der Waals surface area contributed by atoms with Gasteiger partial charge in [-0.3, -0.25) is 20.0 Å². The number of rotatable bonds is 7. The van der Waals surface area contributed by atoms with Crippen molar-refractivity contribution in [2.24, 2.45) is 0 Å². The highest BCUT2D eigenvalue weighted by molar-refractivity contribution is 5.96. The van der Waals surface area contributed by atoms with E-state index in [1.54, 1.807) is 4.90 Å². The Hall–Kier alpha value is -2.74. The second-order valence-electron chi connectivity index (χ2n) is 6.32. The average Bonchev–Trinajstić information content (AvgIpc) is 2.92. The van der Waals surface area contributed by atoms with Gasteiger partial charge in [0, 0.05) is 19.6 Å². The quantitative estimate of drug-likeness (QED) is 0.613. The van der Waals surface area contributed by atoms with Crippen LogP contribution in [0.4, 0.5) is 5.69 Å². The predicted molar refractivity (Wildman–Crippen MR) is 94.5 cm³/mol. The van der Waals surface area contributed by atoms with Crippen molar-refractivity contribution in [1.29, 1.82) is 0 Å². The number of nitro groups is 1. The highest BCUT2D eigenvalue weighted by atomic mass is 16.6. The van der Waals surface area contributed by atoms with Crippen molar-refractivity contribution >= 4 is 11.6 Å². The molecular weight excluding hydrogens is 322 g/mol. The number of carbonyl (C=O) groups is 1. The van der Waals surface area contributed by atoms with Gasteiger partial charge in [-0.05, 0) is 33.5 Å². The summed E-state index contributed by atoms with van der Waals surface area (Å²) in [6, 6.07) is 7.85. The zero-order chi connectivity index (χ0) is 18.6. The molecule has 0 unspecified atom stereocenters. The first-order chi connectivity index (χ1) is 11.8. The zero-order valence-electron chi connectivity index (χ0n) is 14.9. The highest BCUT2D eigenvalue weighted by Crippen LogP contribution is 2.22. The Balaban J connectivity index is 2.31. The van der Waals surface area contributed by atoms with Crippen LogP contribution in [0.1, 0.15) is 27.3 Å². The van der Waals surface area contributed by atoms with E-state index >= 15 is 0 Å². The Morgan fingerprint density at radius 1 is 1.28 bits per heavy atom. The molecule has 0 aliphatic heterocycles. The molecule has 1 aromatic carbocycles. The number of nitrogens with zero attached hydrogens (tertiary/aromatic N) is 4. The molecule has 1 aromatic heterocycles. The van der Waals surface area contributed by atoms with Gasteiger partial charge in [0.15, 0.2) is 0 Å². The zero-order valence-corrected chi connectivity index (χ0v) is 14.9. The summed E-state index contributed by atoms with van der Waals surface area (Å²) in [5.41, 5.74) is 1.94. The van der Waals surface area contributed by atoms with E-state index in [0.29, 0.717) is 19.6 Å². The summed E-state index contributed by atoms with van der Waals surface area (Å²) in [7, 11) is 3.83. The van der Waals surface area contributed by atoms with Gasteiger partial charge < -0.3 is 9.80 Å². The van der Waals surface area contributed by atoms with Gasteiger partial charge in [0.05, 0.1) is 4.92 Å². The molecule has 0 fully saturated rings. The summed E-state index contributed by atoms with van der Waals surface area (Å²) < 4.78 is 0. The monoisotopic (exact) mass is 345 g/mol. The number of carbonyl (C=O) groups excluding carboxylic acids is 1. The fraction of sp³-hybridized carbons (Fsp3) is 0.412. The molecule has 0 atom stereocenters.